The Morgan fingerprint density at radius 1 is 1.21 bits per heavy atom. The molecule has 5 nitrogen and oxygen atoms in total. The van der Waals surface area contributed by atoms with Crippen LogP contribution >= 0.6 is 11.6 Å². The Hall–Kier alpha value is -3.22. The van der Waals surface area contributed by atoms with Crippen molar-refractivity contribution in [1.29, 1.82) is 0 Å². The second-order valence-corrected chi connectivity index (χ2v) is 10.3. The number of rotatable bonds is 11. The summed E-state index contributed by atoms with van der Waals surface area (Å²) in [5.74, 6) is 0.455. The van der Waals surface area contributed by atoms with Crippen molar-refractivity contribution in [2.45, 2.75) is 45.6 Å². The third-order valence-electron chi connectivity index (χ3n) is 7.04. The summed E-state index contributed by atoms with van der Waals surface area (Å²) in [7, 11) is 0. The van der Waals surface area contributed by atoms with Crippen LogP contribution in [-0.4, -0.2) is 42.3 Å². The standard InChI is InChI=1S/C31H35ClFN3O2/c1-4-14-36(30-17-24(20-37)9-8-22(30)2)23(3)19-35-15-12-25(13-16-35)29-6-5-7-31(34-29)38-21-26-10-11-27(32)18-28(26)33/h5-11,17-18,20,25H,3-4,12-16,19,21H2,1-2H3. The van der Waals surface area contributed by atoms with Gasteiger partial charge in [-0.2, -0.15) is 0 Å². The molecule has 7 heteroatoms. The lowest BCUT2D eigenvalue weighted by Crippen LogP contribution is -2.38. The van der Waals surface area contributed by atoms with Gasteiger partial charge in [-0.1, -0.05) is 49.4 Å². The number of carbonyl (C=O) groups excluding carboxylic acids is 1. The minimum absolute atomic E-state index is 0.101. The highest BCUT2D eigenvalue weighted by atomic mass is 35.5. The molecule has 38 heavy (non-hydrogen) atoms. The summed E-state index contributed by atoms with van der Waals surface area (Å²) >= 11 is 5.84. The Morgan fingerprint density at radius 2 is 2.00 bits per heavy atom. The molecule has 1 aliphatic rings. The number of hydrogen-bond acceptors (Lipinski definition) is 5. The fourth-order valence-corrected chi connectivity index (χ4v) is 5.08. The van der Waals surface area contributed by atoms with Crippen LogP contribution in [-0.2, 0) is 6.61 Å². The lowest BCUT2D eigenvalue weighted by Gasteiger charge is -2.35. The van der Waals surface area contributed by atoms with E-state index in [0.29, 0.717) is 27.9 Å². The van der Waals surface area contributed by atoms with Crippen molar-refractivity contribution in [2.75, 3.05) is 31.1 Å². The Bertz CT molecular complexity index is 1270. The Labute approximate surface area is 229 Å². The van der Waals surface area contributed by atoms with Crippen LogP contribution in [0.4, 0.5) is 10.1 Å². The van der Waals surface area contributed by atoms with E-state index in [2.05, 4.69) is 30.2 Å². The molecule has 0 unspecified atom stereocenters. The average Bonchev–Trinajstić information content (AvgIpc) is 2.92. The van der Waals surface area contributed by atoms with Crippen molar-refractivity contribution >= 4 is 23.6 Å². The van der Waals surface area contributed by atoms with E-state index in [4.69, 9.17) is 21.3 Å². The number of carbonyl (C=O) groups is 1. The number of ether oxygens (including phenoxy) is 1. The first-order valence-corrected chi connectivity index (χ1v) is 13.5. The van der Waals surface area contributed by atoms with Gasteiger partial charge in [-0.15, -0.1) is 0 Å². The van der Waals surface area contributed by atoms with Crippen LogP contribution in [0.2, 0.25) is 5.02 Å². The van der Waals surface area contributed by atoms with Gasteiger partial charge in [0.2, 0.25) is 5.88 Å². The molecule has 200 valence electrons. The van der Waals surface area contributed by atoms with E-state index in [1.165, 1.54) is 6.07 Å². The van der Waals surface area contributed by atoms with Gasteiger partial charge >= 0.3 is 0 Å². The Kier molecular flexibility index (Phi) is 9.53. The number of hydrogen-bond donors (Lipinski definition) is 0. The number of likely N-dealkylation sites (tertiary alicyclic amines) is 1. The number of piperidine rings is 1. The second kappa shape index (κ2) is 13.0. The van der Waals surface area contributed by atoms with Gasteiger partial charge in [0.15, 0.2) is 0 Å². The molecular weight excluding hydrogens is 501 g/mol. The third-order valence-corrected chi connectivity index (χ3v) is 7.27. The monoisotopic (exact) mass is 535 g/mol. The molecule has 1 aromatic heterocycles. The van der Waals surface area contributed by atoms with E-state index < -0.39 is 0 Å². The number of aldehydes is 1. The molecule has 0 spiro atoms. The van der Waals surface area contributed by atoms with Crippen LogP contribution in [0.15, 0.2) is 66.9 Å². The van der Waals surface area contributed by atoms with Crippen molar-refractivity contribution in [2.24, 2.45) is 0 Å². The summed E-state index contributed by atoms with van der Waals surface area (Å²) in [5, 5.41) is 0.363. The molecule has 2 aromatic carbocycles. The number of pyridine rings is 1. The molecule has 0 aliphatic carbocycles. The van der Waals surface area contributed by atoms with Crippen LogP contribution in [0, 0.1) is 12.7 Å². The smallest absolute Gasteiger partial charge is 0.213 e. The molecule has 4 rings (SSSR count). The fraction of sp³-hybridized carbons (Fsp3) is 0.355. The van der Waals surface area contributed by atoms with Crippen molar-refractivity contribution in [3.8, 4) is 5.88 Å². The number of nitrogens with zero attached hydrogens (tertiary/aromatic N) is 3. The van der Waals surface area contributed by atoms with Crippen LogP contribution in [0.1, 0.15) is 59.3 Å². The molecule has 3 aromatic rings. The van der Waals surface area contributed by atoms with E-state index in [-0.39, 0.29) is 12.4 Å². The van der Waals surface area contributed by atoms with Crippen molar-refractivity contribution in [1.82, 2.24) is 9.88 Å². The minimum atomic E-state index is -0.383. The lowest BCUT2D eigenvalue weighted by molar-refractivity contribution is 0.112. The lowest BCUT2D eigenvalue weighted by atomic mass is 9.93. The first-order chi connectivity index (χ1) is 18.4. The molecule has 1 aliphatic heterocycles. The maximum Gasteiger partial charge on any atom is 0.213 e. The fourth-order valence-electron chi connectivity index (χ4n) is 4.92. The maximum atomic E-state index is 14.1. The van der Waals surface area contributed by atoms with Gasteiger partial charge < -0.3 is 9.64 Å². The van der Waals surface area contributed by atoms with Gasteiger partial charge in [-0.05, 0) is 69.1 Å². The van der Waals surface area contributed by atoms with E-state index in [1.807, 2.05) is 30.3 Å². The van der Waals surface area contributed by atoms with Gasteiger partial charge in [-0.3, -0.25) is 9.69 Å². The van der Waals surface area contributed by atoms with Crippen LogP contribution in [0.25, 0.3) is 0 Å². The highest BCUT2D eigenvalue weighted by molar-refractivity contribution is 6.30. The SMILES string of the molecule is C=C(CN1CCC(c2cccc(OCc3ccc(Cl)cc3F)n2)CC1)N(CCC)c1cc(C=O)ccc1C. The van der Waals surface area contributed by atoms with Gasteiger partial charge in [0.1, 0.15) is 18.7 Å². The molecule has 0 N–H and O–H groups in total. The molecule has 0 amide bonds. The maximum absolute atomic E-state index is 14.1. The Balaban J connectivity index is 1.34. The first kappa shape index (κ1) is 27.8. The second-order valence-electron chi connectivity index (χ2n) is 9.86. The molecule has 1 fully saturated rings. The quantitative estimate of drug-likeness (QED) is 0.243. The van der Waals surface area contributed by atoms with E-state index in [0.717, 1.165) is 74.4 Å². The normalized spacial score (nSPS) is 14.3. The third kappa shape index (κ3) is 7.00. The predicted molar refractivity (Wildman–Crippen MR) is 152 cm³/mol. The van der Waals surface area contributed by atoms with Crippen molar-refractivity contribution in [3.05, 3.63) is 100 Å². The highest BCUT2D eigenvalue weighted by Gasteiger charge is 2.24. The molecule has 0 atom stereocenters. The molecule has 0 radical (unpaired) electrons. The number of aryl methyl sites for hydroxylation is 1. The molecule has 2 heterocycles. The summed E-state index contributed by atoms with van der Waals surface area (Å²) in [5.41, 5.74) is 5.36. The van der Waals surface area contributed by atoms with Crippen LogP contribution in [0.3, 0.4) is 0 Å². The molecule has 0 bridgehead atoms. The summed E-state index contributed by atoms with van der Waals surface area (Å²) in [6, 6.07) is 16.2. The highest BCUT2D eigenvalue weighted by Crippen LogP contribution is 2.30. The molecular formula is C31H35ClFN3O2. The summed E-state index contributed by atoms with van der Waals surface area (Å²) in [4.78, 5) is 20.8. The van der Waals surface area contributed by atoms with E-state index in [9.17, 15) is 9.18 Å². The number of aromatic nitrogens is 1. The minimum Gasteiger partial charge on any atom is -0.473 e. The van der Waals surface area contributed by atoms with Crippen LogP contribution < -0.4 is 9.64 Å². The number of halogens is 2. The number of benzene rings is 2. The van der Waals surface area contributed by atoms with Gasteiger partial charge in [-0.25, -0.2) is 9.37 Å². The van der Waals surface area contributed by atoms with Gasteiger partial charge in [0.25, 0.3) is 0 Å². The zero-order valence-electron chi connectivity index (χ0n) is 22.1. The largest absolute Gasteiger partial charge is 0.473 e. The first-order valence-electron chi connectivity index (χ1n) is 13.1. The van der Waals surface area contributed by atoms with Gasteiger partial charge in [0, 0.05) is 58.3 Å². The molecule has 1 saturated heterocycles. The summed E-state index contributed by atoms with van der Waals surface area (Å²) in [6.07, 6.45) is 3.86. The van der Waals surface area contributed by atoms with Gasteiger partial charge in [0.05, 0.1) is 0 Å². The van der Waals surface area contributed by atoms with E-state index >= 15 is 0 Å². The topological polar surface area (TPSA) is 45.7 Å². The summed E-state index contributed by atoms with van der Waals surface area (Å²) in [6.45, 7) is 12.3. The van der Waals surface area contributed by atoms with Crippen molar-refractivity contribution in [3.63, 3.8) is 0 Å². The van der Waals surface area contributed by atoms with Crippen molar-refractivity contribution < 1.29 is 13.9 Å². The zero-order valence-corrected chi connectivity index (χ0v) is 22.9. The predicted octanol–water partition coefficient (Wildman–Crippen LogP) is 7.18. The molecule has 0 saturated carbocycles. The zero-order chi connectivity index (χ0) is 27.1. The summed E-state index contributed by atoms with van der Waals surface area (Å²) < 4.78 is 19.9. The van der Waals surface area contributed by atoms with Crippen LogP contribution in [0.5, 0.6) is 5.88 Å². The number of anilines is 1. The average molecular weight is 536 g/mol. The van der Waals surface area contributed by atoms with E-state index in [1.54, 1.807) is 18.2 Å². The Morgan fingerprint density at radius 3 is 2.71 bits per heavy atom.